The second-order valence-electron chi connectivity index (χ2n) is 4.01. The van der Waals surface area contributed by atoms with Gasteiger partial charge in [0, 0.05) is 29.1 Å². The van der Waals surface area contributed by atoms with Gasteiger partial charge in [0.25, 0.3) is 0 Å². The van der Waals surface area contributed by atoms with Crippen molar-refractivity contribution in [1.29, 1.82) is 0 Å². The minimum Gasteiger partial charge on any atom is -0.309 e. The molecule has 1 aromatic carbocycles. The Morgan fingerprint density at radius 1 is 1.11 bits per heavy atom. The minimum atomic E-state index is 0.398. The van der Waals surface area contributed by atoms with E-state index in [0.717, 1.165) is 12.3 Å². The predicted octanol–water partition coefficient (Wildman–Crippen LogP) is 3.52. The number of hydrogen-bond acceptors (Lipinski definition) is 3. The second kappa shape index (κ2) is 7.19. The monoisotopic (exact) mass is 258 g/mol. The second-order valence-corrected chi connectivity index (χ2v) is 5.11. The summed E-state index contributed by atoms with van der Waals surface area (Å²) >= 11 is 1.86. The molecule has 2 rings (SSSR count). The number of nitrogens with one attached hydrogen (secondary N) is 1. The number of thioether (sulfide) groups is 1. The highest BCUT2D eigenvalue weighted by Gasteiger charge is 2.09. The first-order valence-corrected chi connectivity index (χ1v) is 7.20. The zero-order valence-corrected chi connectivity index (χ0v) is 11.4. The molecule has 0 saturated carbocycles. The molecule has 1 atom stereocenters. The van der Waals surface area contributed by atoms with Crippen molar-refractivity contribution in [2.75, 3.05) is 12.3 Å². The smallest absolute Gasteiger partial charge is 0.0415 e. The van der Waals surface area contributed by atoms with E-state index < -0.39 is 0 Å². The summed E-state index contributed by atoms with van der Waals surface area (Å²) in [7, 11) is 0. The maximum absolute atomic E-state index is 4.04. The van der Waals surface area contributed by atoms with Crippen LogP contribution in [0.3, 0.4) is 0 Å². The van der Waals surface area contributed by atoms with E-state index in [9.17, 15) is 0 Å². The molecule has 1 unspecified atom stereocenters. The van der Waals surface area contributed by atoms with Crippen LogP contribution < -0.4 is 5.32 Å². The molecule has 0 aliphatic heterocycles. The summed E-state index contributed by atoms with van der Waals surface area (Å²) in [6.07, 6.45) is 3.68. The molecule has 1 aromatic heterocycles. The normalized spacial score (nSPS) is 12.3. The van der Waals surface area contributed by atoms with E-state index in [-0.39, 0.29) is 0 Å². The van der Waals surface area contributed by atoms with E-state index in [1.165, 1.54) is 10.5 Å². The summed E-state index contributed by atoms with van der Waals surface area (Å²) in [4.78, 5) is 5.31. The fraction of sp³-hybridized carbons (Fsp3) is 0.267. The molecule has 18 heavy (non-hydrogen) atoms. The molecule has 0 bridgehead atoms. The van der Waals surface area contributed by atoms with Gasteiger partial charge >= 0.3 is 0 Å². The van der Waals surface area contributed by atoms with Gasteiger partial charge in [0.1, 0.15) is 0 Å². The standard InChI is InChI=1S/C15H18N2S/c1-2-17-15(13-6-4-3-5-7-13)12-18-14-8-10-16-11-9-14/h3-11,15,17H,2,12H2,1H3. The Labute approximate surface area is 113 Å². The Morgan fingerprint density at radius 2 is 1.83 bits per heavy atom. The molecule has 0 aliphatic rings. The van der Waals surface area contributed by atoms with Crippen molar-refractivity contribution in [2.24, 2.45) is 0 Å². The Balaban J connectivity index is 1.99. The van der Waals surface area contributed by atoms with E-state index in [2.05, 4.69) is 59.7 Å². The molecule has 3 heteroatoms. The maximum atomic E-state index is 4.04. The number of aromatic nitrogens is 1. The quantitative estimate of drug-likeness (QED) is 0.802. The van der Waals surface area contributed by atoms with E-state index in [1.807, 2.05) is 24.2 Å². The average Bonchev–Trinajstić information content (AvgIpc) is 2.45. The number of hydrogen-bond donors (Lipinski definition) is 1. The number of rotatable bonds is 6. The van der Waals surface area contributed by atoms with Crippen LogP contribution in [0.15, 0.2) is 59.8 Å². The van der Waals surface area contributed by atoms with Crippen LogP contribution in [0.25, 0.3) is 0 Å². The van der Waals surface area contributed by atoms with Crippen molar-refractivity contribution in [1.82, 2.24) is 10.3 Å². The summed E-state index contributed by atoms with van der Waals surface area (Å²) < 4.78 is 0. The van der Waals surface area contributed by atoms with Crippen molar-refractivity contribution in [3.63, 3.8) is 0 Å². The molecule has 0 amide bonds. The number of pyridine rings is 1. The van der Waals surface area contributed by atoms with E-state index in [0.29, 0.717) is 6.04 Å². The topological polar surface area (TPSA) is 24.9 Å². The fourth-order valence-corrected chi connectivity index (χ4v) is 2.80. The largest absolute Gasteiger partial charge is 0.309 e. The molecule has 2 nitrogen and oxygen atoms in total. The van der Waals surface area contributed by atoms with Gasteiger partial charge < -0.3 is 5.32 Å². The van der Waals surface area contributed by atoms with Crippen LogP contribution in [0.4, 0.5) is 0 Å². The van der Waals surface area contributed by atoms with Gasteiger partial charge in [-0.1, -0.05) is 37.3 Å². The Hall–Kier alpha value is -1.32. The van der Waals surface area contributed by atoms with Crippen LogP contribution in [-0.2, 0) is 0 Å². The van der Waals surface area contributed by atoms with Crippen molar-refractivity contribution < 1.29 is 0 Å². The number of benzene rings is 1. The third-order valence-electron chi connectivity index (χ3n) is 2.72. The molecule has 0 saturated heterocycles. The molecule has 0 radical (unpaired) electrons. The maximum Gasteiger partial charge on any atom is 0.0415 e. The van der Waals surface area contributed by atoms with Gasteiger partial charge in [-0.2, -0.15) is 0 Å². The van der Waals surface area contributed by atoms with Gasteiger partial charge in [0.15, 0.2) is 0 Å². The summed E-state index contributed by atoms with van der Waals surface area (Å²) in [6.45, 7) is 3.13. The lowest BCUT2D eigenvalue weighted by Gasteiger charge is -2.17. The van der Waals surface area contributed by atoms with E-state index in [1.54, 1.807) is 0 Å². The Morgan fingerprint density at radius 3 is 2.50 bits per heavy atom. The third-order valence-corrected chi connectivity index (χ3v) is 3.82. The SMILES string of the molecule is CCNC(CSc1ccncc1)c1ccccc1. The number of nitrogens with zero attached hydrogens (tertiary/aromatic N) is 1. The van der Waals surface area contributed by atoms with E-state index >= 15 is 0 Å². The summed E-state index contributed by atoms with van der Waals surface area (Å²) in [5.41, 5.74) is 1.35. The Kier molecular flexibility index (Phi) is 5.24. The fourth-order valence-electron chi connectivity index (χ4n) is 1.82. The van der Waals surface area contributed by atoms with Crippen LogP contribution in [-0.4, -0.2) is 17.3 Å². The lowest BCUT2D eigenvalue weighted by molar-refractivity contribution is 0.606. The van der Waals surface area contributed by atoms with Gasteiger partial charge in [0.2, 0.25) is 0 Å². The first-order valence-electron chi connectivity index (χ1n) is 6.21. The molecule has 2 aromatic rings. The molecule has 1 heterocycles. The highest BCUT2D eigenvalue weighted by atomic mass is 32.2. The molecular weight excluding hydrogens is 240 g/mol. The van der Waals surface area contributed by atoms with Crippen molar-refractivity contribution in [3.05, 3.63) is 60.4 Å². The van der Waals surface area contributed by atoms with Crippen LogP contribution >= 0.6 is 11.8 Å². The first kappa shape index (κ1) is 13.1. The van der Waals surface area contributed by atoms with Gasteiger partial charge in [-0.25, -0.2) is 0 Å². The molecular formula is C15H18N2S. The van der Waals surface area contributed by atoms with Crippen molar-refractivity contribution in [2.45, 2.75) is 17.9 Å². The summed E-state index contributed by atoms with van der Waals surface area (Å²) in [5, 5.41) is 3.53. The van der Waals surface area contributed by atoms with Crippen LogP contribution in [0.2, 0.25) is 0 Å². The molecule has 0 spiro atoms. The molecule has 1 N–H and O–H groups in total. The highest BCUT2D eigenvalue weighted by molar-refractivity contribution is 7.99. The summed E-state index contributed by atoms with van der Waals surface area (Å²) in [5.74, 6) is 1.03. The third kappa shape index (κ3) is 3.86. The van der Waals surface area contributed by atoms with Gasteiger partial charge in [-0.3, -0.25) is 4.98 Å². The van der Waals surface area contributed by atoms with Crippen LogP contribution in [0.5, 0.6) is 0 Å². The molecule has 0 aliphatic carbocycles. The predicted molar refractivity (Wildman–Crippen MR) is 77.8 cm³/mol. The lowest BCUT2D eigenvalue weighted by atomic mass is 10.1. The summed E-state index contributed by atoms with van der Waals surface area (Å²) in [6, 6.07) is 15.1. The highest BCUT2D eigenvalue weighted by Crippen LogP contribution is 2.24. The van der Waals surface area contributed by atoms with Crippen LogP contribution in [0.1, 0.15) is 18.5 Å². The molecule has 94 valence electrons. The van der Waals surface area contributed by atoms with Gasteiger partial charge in [0.05, 0.1) is 0 Å². The lowest BCUT2D eigenvalue weighted by Crippen LogP contribution is -2.22. The van der Waals surface area contributed by atoms with Crippen LogP contribution in [0, 0.1) is 0 Å². The zero-order chi connectivity index (χ0) is 12.6. The zero-order valence-electron chi connectivity index (χ0n) is 10.5. The minimum absolute atomic E-state index is 0.398. The van der Waals surface area contributed by atoms with E-state index in [4.69, 9.17) is 0 Å². The average molecular weight is 258 g/mol. The Bertz CT molecular complexity index is 445. The molecule has 0 fully saturated rings. The van der Waals surface area contributed by atoms with Crippen molar-refractivity contribution >= 4 is 11.8 Å². The van der Waals surface area contributed by atoms with Gasteiger partial charge in [-0.05, 0) is 24.2 Å². The first-order chi connectivity index (χ1) is 8.90. The van der Waals surface area contributed by atoms with Crippen molar-refractivity contribution in [3.8, 4) is 0 Å². The van der Waals surface area contributed by atoms with Gasteiger partial charge in [-0.15, -0.1) is 11.8 Å².